The molecule has 0 nitrogen and oxygen atoms in total. The van der Waals surface area contributed by atoms with E-state index in [0.717, 1.165) is 5.56 Å². The molecule has 0 saturated heterocycles. The highest BCUT2D eigenvalue weighted by Crippen LogP contribution is 2.56. The Morgan fingerprint density at radius 3 is 1.31 bits per heavy atom. The Balaban J connectivity index is 0.885. The molecule has 0 saturated carbocycles. The summed E-state index contributed by atoms with van der Waals surface area (Å²) < 4.78 is 0. The third-order valence-corrected chi connectivity index (χ3v) is 14.7. The summed E-state index contributed by atoms with van der Waals surface area (Å²) in [5.74, 6) is 0. The van der Waals surface area contributed by atoms with Crippen LogP contribution in [-0.4, -0.2) is 0 Å². The average Bonchev–Trinajstić information content (AvgIpc) is 3.71. The fraction of sp³-hybridized carbons (Fsp3) is 0.0294. The Bertz CT molecular complexity index is 3830. The van der Waals surface area contributed by atoms with E-state index in [4.69, 9.17) is 0 Å². The number of rotatable bonds is 7. The molecule has 0 spiro atoms. The minimum absolute atomic E-state index is 0.439. The van der Waals surface area contributed by atoms with Crippen LogP contribution in [0.25, 0.3) is 99.7 Å². The summed E-state index contributed by atoms with van der Waals surface area (Å²) in [6.07, 6.45) is 4.51. The molecule has 0 fully saturated rings. The maximum Gasteiger partial charge on any atom is 0.0713 e. The molecule has 0 heterocycles. The van der Waals surface area contributed by atoms with Gasteiger partial charge in [-0.3, -0.25) is 0 Å². The molecule has 0 aliphatic heterocycles. The standard InChI is InChI=1S/C68H46/c1-45-29-40-51(41-30-45)68(64-27-12-10-20-58(64)59-21-11-13-28-65(59)68)52-42-37-50(38-43-52)67-62-24-8-6-22-60(62)66(61-23-7-9-25-63(61)67)49-35-32-46(33-36-49)31-34-48-39-44-57(55-19-5-4-18-54(48)55)56-26-14-16-47-15-2-3-17-53(47)56/h2-44H,1H3/b34-31+. The van der Waals surface area contributed by atoms with Crippen LogP contribution < -0.4 is 0 Å². The smallest absolute Gasteiger partial charge is 0.0619 e. The number of hydrogen-bond acceptors (Lipinski definition) is 0. The first-order valence-corrected chi connectivity index (χ1v) is 23.7. The van der Waals surface area contributed by atoms with E-state index >= 15 is 0 Å². The zero-order valence-corrected chi connectivity index (χ0v) is 37.8. The second-order valence-corrected chi connectivity index (χ2v) is 18.4. The van der Waals surface area contributed by atoms with Crippen molar-refractivity contribution in [1.29, 1.82) is 0 Å². The van der Waals surface area contributed by atoms with Gasteiger partial charge in [0.25, 0.3) is 0 Å². The summed E-state index contributed by atoms with van der Waals surface area (Å²) in [6, 6.07) is 92.3. The van der Waals surface area contributed by atoms with Crippen LogP contribution in [0.3, 0.4) is 0 Å². The van der Waals surface area contributed by atoms with Crippen molar-refractivity contribution in [2.24, 2.45) is 0 Å². The minimum Gasteiger partial charge on any atom is -0.0619 e. The predicted octanol–water partition coefficient (Wildman–Crippen LogP) is 18.1. The molecular formula is C68H46. The first-order chi connectivity index (χ1) is 33.6. The summed E-state index contributed by atoms with van der Waals surface area (Å²) in [6.45, 7) is 2.17. The van der Waals surface area contributed by atoms with Gasteiger partial charge in [0.15, 0.2) is 0 Å². The quantitative estimate of drug-likeness (QED) is 0.111. The van der Waals surface area contributed by atoms with Crippen LogP contribution in [0, 0.1) is 6.92 Å². The molecule has 0 bridgehead atoms. The van der Waals surface area contributed by atoms with Crippen LogP contribution in [0.2, 0.25) is 0 Å². The molecule has 0 unspecified atom stereocenters. The molecule has 0 N–H and O–H groups in total. The highest BCUT2D eigenvalue weighted by Gasteiger charge is 2.45. The highest BCUT2D eigenvalue weighted by molar-refractivity contribution is 6.21. The third-order valence-electron chi connectivity index (χ3n) is 14.7. The Morgan fingerprint density at radius 2 is 0.721 bits per heavy atom. The van der Waals surface area contributed by atoms with Crippen molar-refractivity contribution < 1.29 is 0 Å². The lowest BCUT2D eigenvalue weighted by Gasteiger charge is -2.34. The van der Waals surface area contributed by atoms with E-state index in [2.05, 4.69) is 268 Å². The summed E-state index contributed by atoms with van der Waals surface area (Å²) in [4.78, 5) is 0. The van der Waals surface area contributed by atoms with Crippen molar-refractivity contribution in [3.05, 3.63) is 288 Å². The van der Waals surface area contributed by atoms with Crippen molar-refractivity contribution in [3.63, 3.8) is 0 Å². The molecule has 0 heteroatoms. The summed E-state index contributed by atoms with van der Waals surface area (Å²) >= 11 is 0. The third kappa shape index (κ3) is 6.22. The second-order valence-electron chi connectivity index (χ2n) is 18.4. The molecule has 12 aromatic carbocycles. The number of hydrogen-bond donors (Lipinski definition) is 0. The van der Waals surface area contributed by atoms with Gasteiger partial charge < -0.3 is 0 Å². The Kier molecular flexibility index (Phi) is 9.41. The fourth-order valence-electron chi connectivity index (χ4n) is 11.6. The van der Waals surface area contributed by atoms with E-state index in [1.165, 1.54) is 121 Å². The molecule has 0 radical (unpaired) electrons. The lowest BCUT2D eigenvalue weighted by Crippen LogP contribution is -2.28. The number of benzene rings is 12. The maximum atomic E-state index is 2.39. The summed E-state index contributed by atoms with van der Waals surface area (Å²) in [5.41, 5.74) is 18.5. The molecule has 13 rings (SSSR count). The summed E-state index contributed by atoms with van der Waals surface area (Å²) in [5, 5.41) is 10.0. The lowest BCUT2D eigenvalue weighted by molar-refractivity contribution is 0.768. The van der Waals surface area contributed by atoms with Gasteiger partial charge in [0.05, 0.1) is 5.41 Å². The fourth-order valence-corrected chi connectivity index (χ4v) is 11.6. The van der Waals surface area contributed by atoms with Gasteiger partial charge in [-0.2, -0.15) is 0 Å². The molecule has 1 aliphatic carbocycles. The molecule has 318 valence electrons. The van der Waals surface area contributed by atoms with Crippen LogP contribution in [0.15, 0.2) is 249 Å². The Labute approximate surface area is 397 Å². The number of fused-ring (bicyclic) bond motifs is 7. The molecule has 12 aromatic rings. The van der Waals surface area contributed by atoms with Gasteiger partial charge >= 0.3 is 0 Å². The Hall–Kier alpha value is -8.58. The zero-order valence-electron chi connectivity index (χ0n) is 37.8. The van der Waals surface area contributed by atoms with Gasteiger partial charge in [-0.25, -0.2) is 0 Å². The largest absolute Gasteiger partial charge is 0.0713 e. The van der Waals surface area contributed by atoms with Crippen LogP contribution in [-0.2, 0) is 5.41 Å². The van der Waals surface area contributed by atoms with Gasteiger partial charge in [-0.15, -0.1) is 0 Å². The van der Waals surface area contributed by atoms with Crippen molar-refractivity contribution in [3.8, 4) is 44.5 Å². The normalized spacial score (nSPS) is 12.8. The van der Waals surface area contributed by atoms with Gasteiger partial charge in [-0.05, 0) is 128 Å². The van der Waals surface area contributed by atoms with Crippen molar-refractivity contribution >= 4 is 55.2 Å². The van der Waals surface area contributed by atoms with Crippen molar-refractivity contribution in [2.45, 2.75) is 12.3 Å². The number of aryl methyl sites for hydroxylation is 1. The molecule has 0 aromatic heterocycles. The van der Waals surface area contributed by atoms with Crippen molar-refractivity contribution in [2.75, 3.05) is 0 Å². The SMILES string of the molecule is Cc1ccc(C2(c3ccc(-c4c5ccccc5c(-c5ccc(/C=C/c6ccc(-c7cccc8ccccc78)c7ccccc67)cc5)c5ccccc45)cc3)c3ccccc3-c3ccccc32)cc1. The maximum absolute atomic E-state index is 2.39. The predicted molar refractivity (Wildman–Crippen MR) is 290 cm³/mol. The van der Waals surface area contributed by atoms with Gasteiger partial charge in [0.2, 0.25) is 0 Å². The topological polar surface area (TPSA) is 0 Å². The van der Waals surface area contributed by atoms with Crippen molar-refractivity contribution in [1.82, 2.24) is 0 Å². The van der Waals surface area contributed by atoms with E-state index in [1.54, 1.807) is 0 Å². The molecular weight excluding hydrogens is 817 g/mol. The van der Waals surface area contributed by atoms with Crippen LogP contribution in [0.5, 0.6) is 0 Å². The van der Waals surface area contributed by atoms with Gasteiger partial charge in [0, 0.05) is 0 Å². The second kappa shape index (κ2) is 16.1. The summed E-state index contributed by atoms with van der Waals surface area (Å²) in [7, 11) is 0. The monoisotopic (exact) mass is 862 g/mol. The Morgan fingerprint density at radius 1 is 0.294 bits per heavy atom. The zero-order chi connectivity index (χ0) is 45.2. The first kappa shape index (κ1) is 39.8. The van der Waals surface area contributed by atoms with Crippen LogP contribution in [0.4, 0.5) is 0 Å². The van der Waals surface area contributed by atoms with E-state index in [-0.39, 0.29) is 0 Å². The van der Waals surface area contributed by atoms with Crippen LogP contribution >= 0.6 is 0 Å². The van der Waals surface area contributed by atoms with E-state index in [9.17, 15) is 0 Å². The average molecular weight is 863 g/mol. The van der Waals surface area contributed by atoms with E-state index < -0.39 is 5.41 Å². The lowest BCUT2D eigenvalue weighted by atomic mass is 9.67. The minimum atomic E-state index is -0.439. The first-order valence-electron chi connectivity index (χ1n) is 23.7. The van der Waals surface area contributed by atoms with E-state index in [1.807, 2.05) is 0 Å². The van der Waals surface area contributed by atoms with Gasteiger partial charge in [-0.1, -0.05) is 266 Å². The molecule has 0 amide bonds. The van der Waals surface area contributed by atoms with Gasteiger partial charge in [0.1, 0.15) is 0 Å². The molecule has 0 atom stereocenters. The highest BCUT2D eigenvalue weighted by atomic mass is 14.5. The molecule has 68 heavy (non-hydrogen) atoms. The molecule has 1 aliphatic rings. The van der Waals surface area contributed by atoms with E-state index in [0.29, 0.717) is 0 Å². The van der Waals surface area contributed by atoms with Crippen LogP contribution in [0.1, 0.15) is 38.9 Å².